The second-order valence-corrected chi connectivity index (χ2v) is 6.29. The monoisotopic (exact) mass is 321 g/mol. The maximum atomic E-state index is 11.3. The highest BCUT2D eigenvalue weighted by Crippen LogP contribution is 2.38. The van der Waals surface area contributed by atoms with Crippen molar-refractivity contribution in [1.29, 1.82) is 0 Å². The lowest BCUT2D eigenvalue weighted by molar-refractivity contribution is 0.0367. The Morgan fingerprint density at radius 1 is 1.50 bits per heavy atom. The number of alkyl carbamates (subject to hydrolysis) is 1. The molecular formula is C16H20ClN3O2. The van der Waals surface area contributed by atoms with Crippen molar-refractivity contribution in [2.45, 2.75) is 31.8 Å². The zero-order valence-electron chi connectivity index (χ0n) is 12.7. The Labute approximate surface area is 135 Å². The predicted octanol–water partition coefficient (Wildman–Crippen LogP) is 3.24. The summed E-state index contributed by atoms with van der Waals surface area (Å²) in [6.07, 6.45) is 5.63. The van der Waals surface area contributed by atoms with Crippen molar-refractivity contribution in [2.24, 2.45) is 0 Å². The molecule has 1 aromatic heterocycles. The Morgan fingerprint density at radius 3 is 2.82 bits per heavy atom. The molecule has 1 amide bonds. The van der Waals surface area contributed by atoms with Crippen molar-refractivity contribution >= 4 is 29.0 Å². The third kappa shape index (κ3) is 2.65. The van der Waals surface area contributed by atoms with E-state index < -0.39 is 0 Å². The van der Waals surface area contributed by atoms with Gasteiger partial charge in [-0.25, -0.2) is 4.79 Å². The number of hydrogen-bond donors (Lipinski definition) is 1. The van der Waals surface area contributed by atoms with Gasteiger partial charge in [0.05, 0.1) is 17.3 Å². The fourth-order valence-electron chi connectivity index (χ4n) is 3.12. The molecule has 3 heterocycles. The molecule has 0 unspecified atom stereocenters. The number of hydrogen-bond acceptors (Lipinski definition) is 4. The van der Waals surface area contributed by atoms with Crippen LogP contribution in [0.2, 0.25) is 5.02 Å². The number of carbonyl (C=O) groups excluding carboxylic acids is 1. The van der Waals surface area contributed by atoms with E-state index in [0.717, 1.165) is 49.2 Å². The van der Waals surface area contributed by atoms with Gasteiger partial charge in [0.2, 0.25) is 0 Å². The highest BCUT2D eigenvalue weighted by atomic mass is 35.5. The van der Waals surface area contributed by atoms with E-state index in [9.17, 15) is 4.79 Å². The number of anilines is 1. The van der Waals surface area contributed by atoms with Crippen molar-refractivity contribution in [1.82, 2.24) is 10.3 Å². The molecular weight excluding hydrogens is 302 g/mol. The van der Waals surface area contributed by atoms with Crippen molar-refractivity contribution in [3.8, 4) is 0 Å². The summed E-state index contributed by atoms with van der Waals surface area (Å²) in [4.78, 5) is 17.8. The Balaban J connectivity index is 1.82. The van der Waals surface area contributed by atoms with Crippen molar-refractivity contribution in [2.75, 3.05) is 24.5 Å². The first-order valence-electron chi connectivity index (χ1n) is 7.58. The van der Waals surface area contributed by atoms with Crippen molar-refractivity contribution in [3.63, 3.8) is 0 Å². The number of ether oxygens (including phenoxy) is 1. The summed E-state index contributed by atoms with van der Waals surface area (Å²) in [6.45, 7) is 8.37. The van der Waals surface area contributed by atoms with E-state index in [0.29, 0.717) is 11.6 Å². The molecule has 2 aliphatic rings. The van der Waals surface area contributed by atoms with Crippen LogP contribution in [-0.4, -0.2) is 36.3 Å². The molecule has 0 saturated carbocycles. The zero-order valence-corrected chi connectivity index (χ0v) is 13.4. The minimum Gasteiger partial charge on any atom is -0.441 e. The molecule has 1 spiro atoms. The third-order valence-corrected chi connectivity index (χ3v) is 4.81. The maximum absolute atomic E-state index is 11.3. The second-order valence-electron chi connectivity index (χ2n) is 5.89. The molecule has 0 aromatic carbocycles. The Morgan fingerprint density at radius 2 is 2.23 bits per heavy atom. The highest BCUT2D eigenvalue weighted by molar-refractivity contribution is 6.33. The van der Waals surface area contributed by atoms with Gasteiger partial charge in [-0.15, -0.1) is 0 Å². The SMILES string of the molecule is C=C(CC)c1cncc(Cl)c1N1CCC2(CC1)CNC(=O)O2. The first-order valence-corrected chi connectivity index (χ1v) is 7.96. The molecule has 0 bridgehead atoms. The Bertz CT molecular complexity index is 609. The van der Waals surface area contributed by atoms with Crippen LogP contribution in [0.4, 0.5) is 10.5 Å². The Hall–Kier alpha value is -1.75. The number of halogens is 1. The highest BCUT2D eigenvalue weighted by Gasteiger charge is 2.43. The molecule has 0 radical (unpaired) electrons. The van der Waals surface area contributed by atoms with Crippen LogP contribution in [0.15, 0.2) is 19.0 Å². The summed E-state index contributed by atoms with van der Waals surface area (Å²) in [7, 11) is 0. The molecule has 22 heavy (non-hydrogen) atoms. The van der Waals surface area contributed by atoms with Gasteiger partial charge in [0.25, 0.3) is 0 Å². The number of piperidine rings is 1. The summed E-state index contributed by atoms with van der Waals surface area (Å²) in [5, 5.41) is 3.40. The van der Waals surface area contributed by atoms with Crippen LogP contribution in [0.5, 0.6) is 0 Å². The van der Waals surface area contributed by atoms with Crippen LogP contribution in [0, 0.1) is 0 Å². The molecule has 0 aliphatic carbocycles. The molecule has 2 saturated heterocycles. The van der Waals surface area contributed by atoms with Gasteiger partial charge < -0.3 is 15.0 Å². The number of nitrogens with one attached hydrogen (secondary N) is 1. The van der Waals surface area contributed by atoms with Gasteiger partial charge in [-0.2, -0.15) is 0 Å². The largest absolute Gasteiger partial charge is 0.441 e. The number of pyridine rings is 1. The van der Waals surface area contributed by atoms with Gasteiger partial charge in [0, 0.05) is 43.9 Å². The van der Waals surface area contributed by atoms with E-state index >= 15 is 0 Å². The number of carbonyl (C=O) groups is 1. The molecule has 5 nitrogen and oxygen atoms in total. The van der Waals surface area contributed by atoms with Gasteiger partial charge in [-0.3, -0.25) is 4.98 Å². The van der Waals surface area contributed by atoms with E-state index in [-0.39, 0.29) is 11.7 Å². The minimum absolute atomic E-state index is 0.310. The first kappa shape index (κ1) is 15.2. The van der Waals surface area contributed by atoms with Crippen LogP contribution >= 0.6 is 11.6 Å². The van der Waals surface area contributed by atoms with Gasteiger partial charge in [-0.1, -0.05) is 25.1 Å². The molecule has 6 heteroatoms. The van der Waals surface area contributed by atoms with Crippen LogP contribution < -0.4 is 10.2 Å². The lowest BCUT2D eigenvalue weighted by Crippen LogP contribution is -2.47. The van der Waals surface area contributed by atoms with E-state index in [1.807, 2.05) is 6.20 Å². The van der Waals surface area contributed by atoms with Gasteiger partial charge >= 0.3 is 6.09 Å². The summed E-state index contributed by atoms with van der Waals surface area (Å²) < 4.78 is 5.46. The first-order chi connectivity index (χ1) is 10.5. The third-order valence-electron chi connectivity index (χ3n) is 4.54. The number of allylic oxidation sites excluding steroid dienone is 1. The molecule has 1 aromatic rings. The number of amides is 1. The lowest BCUT2D eigenvalue weighted by atomic mass is 9.91. The fourth-order valence-corrected chi connectivity index (χ4v) is 3.40. The summed E-state index contributed by atoms with van der Waals surface area (Å²) in [5.41, 5.74) is 2.68. The van der Waals surface area contributed by atoms with Crippen molar-refractivity contribution in [3.05, 3.63) is 29.6 Å². The van der Waals surface area contributed by atoms with Gasteiger partial charge in [-0.05, 0) is 12.0 Å². The fraction of sp³-hybridized carbons (Fsp3) is 0.500. The average molecular weight is 322 g/mol. The standard InChI is InChI=1S/C16H20ClN3O2/c1-3-11(2)12-8-18-9-13(17)14(12)20-6-4-16(5-7-20)10-19-15(21)22-16/h8-9H,2-7,10H2,1H3,(H,19,21). The van der Waals surface area contributed by atoms with E-state index in [4.69, 9.17) is 16.3 Å². The summed E-state index contributed by atoms with van der Waals surface area (Å²) in [6, 6.07) is 0. The minimum atomic E-state index is -0.352. The summed E-state index contributed by atoms with van der Waals surface area (Å²) >= 11 is 6.40. The number of nitrogens with zero attached hydrogens (tertiary/aromatic N) is 2. The van der Waals surface area contributed by atoms with E-state index in [1.54, 1.807) is 6.20 Å². The lowest BCUT2D eigenvalue weighted by Gasteiger charge is -2.39. The molecule has 2 aliphatic heterocycles. The maximum Gasteiger partial charge on any atom is 0.407 e. The molecule has 118 valence electrons. The zero-order chi connectivity index (χ0) is 15.7. The van der Waals surface area contributed by atoms with Crippen molar-refractivity contribution < 1.29 is 9.53 Å². The Kier molecular flexibility index (Phi) is 4.00. The van der Waals surface area contributed by atoms with Crippen LogP contribution in [0.3, 0.4) is 0 Å². The molecule has 3 rings (SSSR count). The number of aromatic nitrogens is 1. The quantitative estimate of drug-likeness (QED) is 0.928. The van der Waals surface area contributed by atoms with E-state index in [1.165, 1.54) is 0 Å². The van der Waals surface area contributed by atoms with Gasteiger partial charge in [0.15, 0.2) is 0 Å². The topological polar surface area (TPSA) is 54.5 Å². The average Bonchev–Trinajstić information content (AvgIpc) is 2.88. The van der Waals surface area contributed by atoms with E-state index in [2.05, 4.69) is 28.7 Å². The molecule has 1 N–H and O–H groups in total. The molecule has 2 fully saturated rings. The summed E-state index contributed by atoms with van der Waals surface area (Å²) in [5.74, 6) is 0. The number of rotatable bonds is 3. The van der Waals surface area contributed by atoms with Crippen LogP contribution in [-0.2, 0) is 4.74 Å². The van der Waals surface area contributed by atoms with Gasteiger partial charge in [0.1, 0.15) is 5.60 Å². The van der Waals surface area contributed by atoms with Crippen LogP contribution in [0.25, 0.3) is 5.57 Å². The second kappa shape index (κ2) is 5.80. The predicted molar refractivity (Wildman–Crippen MR) is 87.2 cm³/mol. The van der Waals surface area contributed by atoms with Crippen LogP contribution in [0.1, 0.15) is 31.7 Å². The smallest absolute Gasteiger partial charge is 0.407 e. The normalized spacial score (nSPS) is 19.9. The molecule has 0 atom stereocenters.